The van der Waals surface area contributed by atoms with E-state index in [-0.39, 0.29) is 0 Å². The molecule has 0 aliphatic heterocycles. The molecule has 55 heavy (non-hydrogen) atoms. The van der Waals surface area contributed by atoms with Crippen molar-refractivity contribution in [3.8, 4) is 0 Å². The first-order chi connectivity index (χ1) is 27.1. The SMILES string of the molecule is Clc1nnc(Cc2ccncc2)c2ccccc12.Nc1ccc2[nH]ccc2c1.c1ccc2c(Nc3ccc4[nH]ccc4c3)nnc(Cc3ccncc3)c2c1. The van der Waals surface area contributed by atoms with Crippen molar-refractivity contribution in [1.82, 2.24) is 40.3 Å². The zero-order valence-electron chi connectivity index (χ0n) is 29.6. The predicted octanol–water partition coefficient (Wildman–Crippen LogP) is 9.86. The number of benzene rings is 4. The van der Waals surface area contributed by atoms with Gasteiger partial charge in [-0.1, -0.05) is 60.1 Å². The van der Waals surface area contributed by atoms with Gasteiger partial charge in [-0.25, -0.2) is 0 Å². The summed E-state index contributed by atoms with van der Waals surface area (Å²) in [6.45, 7) is 0. The first-order valence-electron chi connectivity index (χ1n) is 17.7. The maximum atomic E-state index is 6.05. The minimum Gasteiger partial charge on any atom is -0.399 e. The van der Waals surface area contributed by atoms with Crippen LogP contribution in [0.2, 0.25) is 5.15 Å². The average Bonchev–Trinajstić information content (AvgIpc) is 3.91. The molecule has 6 aromatic heterocycles. The van der Waals surface area contributed by atoms with Crippen molar-refractivity contribution in [3.63, 3.8) is 0 Å². The summed E-state index contributed by atoms with van der Waals surface area (Å²) < 4.78 is 0. The minimum absolute atomic E-state index is 0.448. The Morgan fingerprint density at radius 3 is 1.69 bits per heavy atom. The third-order valence-corrected chi connectivity index (χ3v) is 9.40. The lowest BCUT2D eigenvalue weighted by Gasteiger charge is -2.11. The van der Waals surface area contributed by atoms with Crippen LogP contribution in [-0.2, 0) is 12.8 Å². The van der Waals surface area contributed by atoms with E-state index in [9.17, 15) is 0 Å². The second kappa shape index (κ2) is 16.2. The summed E-state index contributed by atoms with van der Waals surface area (Å²) in [5.41, 5.74) is 13.8. The van der Waals surface area contributed by atoms with E-state index >= 15 is 0 Å². The number of hydrogen-bond acceptors (Lipinski definition) is 8. The number of halogens is 1. The summed E-state index contributed by atoms with van der Waals surface area (Å²) in [7, 11) is 0. The number of nitrogens with zero attached hydrogens (tertiary/aromatic N) is 6. The maximum Gasteiger partial charge on any atom is 0.160 e. The Morgan fingerprint density at radius 1 is 0.527 bits per heavy atom. The van der Waals surface area contributed by atoms with Crippen LogP contribution in [0.3, 0.4) is 0 Å². The molecule has 0 spiro atoms. The van der Waals surface area contributed by atoms with Gasteiger partial charge in [0.1, 0.15) is 0 Å². The number of aromatic amines is 2. The van der Waals surface area contributed by atoms with Gasteiger partial charge in [0, 0.05) is 105 Å². The van der Waals surface area contributed by atoms with Crippen molar-refractivity contribution in [1.29, 1.82) is 0 Å². The van der Waals surface area contributed by atoms with Crippen LogP contribution in [0.1, 0.15) is 22.5 Å². The number of nitrogens with two attached hydrogens (primary N) is 1. The number of H-pyrrole nitrogens is 2. The van der Waals surface area contributed by atoms with Crippen LogP contribution in [-0.4, -0.2) is 40.3 Å². The molecule has 4 aromatic carbocycles. The maximum absolute atomic E-state index is 6.05. The highest BCUT2D eigenvalue weighted by Gasteiger charge is 2.11. The van der Waals surface area contributed by atoms with Gasteiger partial charge in [-0.05, 0) is 83.9 Å². The highest BCUT2D eigenvalue weighted by atomic mass is 35.5. The van der Waals surface area contributed by atoms with Crippen molar-refractivity contribution in [2.75, 3.05) is 11.1 Å². The zero-order chi connectivity index (χ0) is 37.4. The molecular weight excluding hydrogens is 704 g/mol. The third-order valence-electron chi connectivity index (χ3n) is 9.12. The fraction of sp³-hybridized carbons (Fsp3) is 0.0455. The van der Waals surface area contributed by atoms with Crippen LogP contribution < -0.4 is 11.1 Å². The minimum atomic E-state index is 0.448. The highest BCUT2D eigenvalue weighted by Crippen LogP contribution is 2.28. The van der Waals surface area contributed by atoms with Crippen molar-refractivity contribution >= 4 is 72.1 Å². The Hall–Kier alpha value is -7.17. The van der Waals surface area contributed by atoms with Crippen LogP contribution in [0, 0.1) is 0 Å². The molecule has 0 fully saturated rings. The molecule has 10 aromatic rings. The van der Waals surface area contributed by atoms with Crippen molar-refractivity contribution in [2.24, 2.45) is 0 Å². The van der Waals surface area contributed by atoms with Gasteiger partial charge in [0.15, 0.2) is 11.0 Å². The van der Waals surface area contributed by atoms with Gasteiger partial charge in [-0.2, -0.15) is 10.2 Å². The summed E-state index contributed by atoms with van der Waals surface area (Å²) in [5.74, 6) is 0.763. The number of hydrogen-bond donors (Lipinski definition) is 4. The van der Waals surface area contributed by atoms with Crippen LogP contribution in [0.4, 0.5) is 17.2 Å². The van der Waals surface area contributed by atoms with Crippen LogP contribution in [0.5, 0.6) is 0 Å². The van der Waals surface area contributed by atoms with E-state index in [4.69, 9.17) is 17.3 Å². The van der Waals surface area contributed by atoms with Gasteiger partial charge in [0.2, 0.25) is 0 Å². The number of anilines is 3. The monoisotopic (exact) mass is 738 g/mol. The number of aromatic nitrogens is 8. The number of rotatable bonds is 6. The van der Waals surface area contributed by atoms with E-state index in [2.05, 4.69) is 76.0 Å². The molecule has 6 heterocycles. The highest BCUT2D eigenvalue weighted by molar-refractivity contribution is 6.34. The molecule has 0 atom stereocenters. The van der Waals surface area contributed by atoms with E-state index in [1.165, 1.54) is 10.9 Å². The molecule has 0 unspecified atom stereocenters. The predicted molar refractivity (Wildman–Crippen MR) is 222 cm³/mol. The van der Waals surface area contributed by atoms with E-state index < -0.39 is 0 Å². The lowest BCUT2D eigenvalue weighted by Crippen LogP contribution is -2.02. The summed E-state index contributed by atoms with van der Waals surface area (Å²) in [5, 5.41) is 27.6. The Morgan fingerprint density at radius 2 is 1.05 bits per heavy atom. The second-order valence-electron chi connectivity index (χ2n) is 12.8. The van der Waals surface area contributed by atoms with E-state index in [0.29, 0.717) is 5.15 Å². The molecule has 268 valence electrons. The molecule has 0 saturated heterocycles. The first kappa shape index (κ1) is 34.9. The van der Waals surface area contributed by atoms with Gasteiger partial charge in [-0.3, -0.25) is 9.97 Å². The smallest absolute Gasteiger partial charge is 0.160 e. The van der Waals surface area contributed by atoms with E-state index in [1.54, 1.807) is 24.8 Å². The Kier molecular flexibility index (Phi) is 10.3. The Balaban J connectivity index is 0.000000130. The molecule has 5 N–H and O–H groups in total. The van der Waals surface area contributed by atoms with Crippen molar-refractivity contribution in [3.05, 3.63) is 186 Å². The van der Waals surface area contributed by atoms with Gasteiger partial charge < -0.3 is 21.0 Å². The molecule has 0 aliphatic carbocycles. The molecule has 0 bridgehead atoms. The standard InChI is InChI=1S/C22H17N5.C14H10ClN3.C8H8N2/c1-2-4-19-18(3-1)21(13-15-7-10-23-11-8-15)26-27-22(19)25-17-5-6-20-16(14-17)9-12-24-20;15-14-12-4-2-1-3-11(12)13(17-18-14)9-10-5-7-16-8-6-10;9-7-1-2-8-6(5-7)3-4-10-8/h1-12,14,24H,13H2,(H,25,27);1-8H,9H2;1-5,10H,9H2. The topological polar surface area (TPSA) is 147 Å². The van der Waals surface area contributed by atoms with E-state index in [0.717, 1.165) is 85.0 Å². The summed E-state index contributed by atoms with van der Waals surface area (Å²) in [4.78, 5) is 14.4. The largest absolute Gasteiger partial charge is 0.399 e. The second-order valence-corrected chi connectivity index (χ2v) is 13.2. The molecule has 10 rings (SSSR count). The molecule has 10 nitrogen and oxygen atoms in total. The van der Waals surface area contributed by atoms with Crippen LogP contribution >= 0.6 is 11.6 Å². The molecule has 11 heteroatoms. The average molecular weight is 739 g/mol. The molecule has 0 radical (unpaired) electrons. The fourth-order valence-corrected chi connectivity index (χ4v) is 6.57. The molecular formula is C44H35ClN10. The van der Waals surface area contributed by atoms with Gasteiger partial charge in [0.25, 0.3) is 0 Å². The number of fused-ring (bicyclic) bond motifs is 4. The third kappa shape index (κ3) is 8.25. The van der Waals surface area contributed by atoms with Gasteiger partial charge >= 0.3 is 0 Å². The zero-order valence-corrected chi connectivity index (χ0v) is 30.3. The normalized spacial score (nSPS) is 10.9. The Bertz CT molecular complexity index is 2840. The van der Waals surface area contributed by atoms with Gasteiger partial charge in [0.05, 0.1) is 11.4 Å². The number of pyridine rings is 2. The molecule has 0 saturated carbocycles. The Labute approximate surface area is 321 Å². The lowest BCUT2D eigenvalue weighted by atomic mass is 10.0. The first-order valence-corrected chi connectivity index (χ1v) is 18.0. The van der Waals surface area contributed by atoms with Crippen molar-refractivity contribution < 1.29 is 0 Å². The van der Waals surface area contributed by atoms with Crippen LogP contribution in [0.15, 0.2) is 159 Å². The lowest BCUT2D eigenvalue weighted by molar-refractivity contribution is 0.957. The van der Waals surface area contributed by atoms with Crippen molar-refractivity contribution in [2.45, 2.75) is 12.8 Å². The quantitative estimate of drug-likeness (QED) is 0.123. The molecule has 0 amide bonds. The summed E-state index contributed by atoms with van der Waals surface area (Å²) >= 11 is 6.05. The summed E-state index contributed by atoms with van der Waals surface area (Å²) in [6.07, 6.45) is 12.5. The fourth-order valence-electron chi connectivity index (χ4n) is 6.37. The molecule has 0 aliphatic rings. The van der Waals surface area contributed by atoms with Crippen LogP contribution in [0.25, 0.3) is 43.4 Å². The number of nitrogen functional groups attached to an aromatic ring is 1. The van der Waals surface area contributed by atoms with Gasteiger partial charge in [-0.15, -0.1) is 10.2 Å². The summed E-state index contributed by atoms with van der Waals surface area (Å²) in [6, 6.07) is 40.2. The number of nitrogens with one attached hydrogen (secondary N) is 3. The van der Waals surface area contributed by atoms with E-state index in [1.807, 2.05) is 103 Å².